The van der Waals surface area contributed by atoms with Gasteiger partial charge in [0.2, 0.25) is 0 Å². The molecule has 0 bridgehead atoms. The van der Waals surface area contributed by atoms with Gasteiger partial charge in [-0.15, -0.1) is 0 Å². The van der Waals surface area contributed by atoms with Crippen LogP contribution in [-0.4, -0.2) is 138 Å². The summed E-state index contributed by atoms with van der Waals surface area (Å²) in [4.78, 5) is 6.02. The number of hydrogen-bond donors (Lipinski definition) is 5. The van der Waals surface area contributed by atoms with Gasteiger partial charge in [0, 0.05) is 58.4 Å². The summed E-state index contributed by atoms with van der Waals surface area (Å²) in [6.45, 7) is 42.9. The lowest BCUT2D eigenvalue weighted by molar-refractivity contribution is 0.151. The minimum atomic E-state index is -2.93. The molecule has 16 nitrogen and oxygen atoms in total. The molecule has 8 N–H and O–H groups in total. The van der Waals surface area contributed by atoms with Crippen LogP contribution in [0.3, 0.4) is 0 Å². The van der Waals surface area contributed by atoms with Crippen LogP contribution >= 0.6 is 22.6 Å². The predicted molar refractivity (Wildman–Crippen MR) is 277 cm³/mol. The summed E-state index contributed by atoms with van der Waals surface area (Å²) >= 11 is 0. The maximum atomic E-state index is 13.7. The molecule has 0 aliphatic carbocycles. The molecule has 0 amide bonds. The number of nitrogens with one attached hydrogen (secondary N) is 2. The molecule has 3 fully saturated rings. The number of piperidine rings is 3. The van der Waals surface area contributed by atoms with Crippen molar-refractivity contribution in [1.29, 1.82) is 5.41 Å². The van der Waals surface area contributed by atoms with Crippen molar-refractivity contribution in [3.8, 4) is 0 Å². The molecule has 3 saturated heterocycles. The molecular weight excluding hydrogens is 881 g/mol. The van der Waals surface area contributed by atoms with Crippen LogP contribution in [0.2, 0.25) is 0 Å². The van der Waals surface area contributed by atoms with Gasteiger partial charge in [0.25, 0.3) is 22.6 Å². The Morgan fingerprint density at radius 3 is 1.08 bits per heavy atom. The standard InChI is InChI=1S/C16H35N4O2P.C15H33N4O2P.C15H33N2O2P/c1-15(2,3)12-22-23(21,16(4,5)6)20-10-8-13(9-11-20)19(7)14(17)18;1-14(2,3)11-21-22(20,15(4,5)6)19-9-7-12(8-10-19)18-13(16)17;1-14(2,3)12-19-20(18,15(4,5)6)17-10-8-13(16-7)9-11-17/h13H,8-12H2,1-7H3,(H3,17,18);12H,7-11H2,1-6H3,(H4,16,17,18);13,16H,8-12H2,1-7H3. The molecule has 3 atom stereocenters. The van der Waals surface area contributed by atoms with E-state index < -0.39 is 32.9 Å². The van der Waals surface area contributed by atoms with Gasteiger partial charge in [0.1, 0.15) is 0 Å². The average molecular weight is 983 g/mol. The topological polar surface area (TPSA) is 218 Å². The van der Waals surface area contributed by atoms with Crippen molar-refractivity contribution in [1.82, 2.24) is 24.2 Å². The monoisotopic (exact) mass is 983 g/mol. The highest BCUT2D eigenvalue weighted by atomic mass is 31.2. The van der Waals surface area contributed by atoms with Gasteiger partial charge in [0.05, 0.1) is 41.3 Å². The Kier molecular flexibility index (Phi) is 23.1. The van der Waals surface area contributed by atoms with E-state index in [1.807, 2.05) is 85.7 Å². The summed E-state index contributed by atoms with van der Waals surface area (Å²) in [5, 5.41) is 9.69. The molecule has 0 aromatic heterocycles. The van der Waals surface area contributed by atoms with Gasteiger partial charge >= 0.3 is 0 Å². The van der Waals surface area contributed by atoms with Crippen LogP contribution in [0.15, 0.2) is 4.99 Å². The van der Waals surface area contributed by atoms with Crippen molar-refractivity contribution in [2.24, 2.45) is 38.4 Å². The molecule has 3 rings (SSSR count). The molecule has 19 heteroatoms. The number of aliphatic imine (C=N–C) groups is 1. The van der Waals surface area contributed by atoms with Gasteiger partial charge in [-0.05, 0) is 124 Å². The summed E-state index contributed by atoms with van der Waals surface area (Å²) in [6.07, 6.45) is 5.36. The Morgan fingerprint density at radius 2 is 0.846 bits per heavy atom. The molecule has 386 valence electrons. The van der Waals surface area contributed by atoms with E-state index in [2.05, 4.69) is 77.3 Å². The van der Waals surface area contributed by atoms with Gasteiger partial charge in [-0.2, -0.15) is 0 Å². The first-order valence-electron chi connectivity index (χ1n) is 24.0. The van der Waals surface area contributed by atoms with Gasteiger partial charge in [-0.3, -0.25) is 24.1 Å². The smallest absolute Gasteiger partial charge is 0.277 e. The summed E-state index contributed by atoms with van der Waals surface area (Å²) in [5.74, 6) is 0.216. The molecular formula is C46H101N10O6P3. The minimum absolute atomic E-state index is 0.0163. The second-order valence-electron chi connectivity index (χ2n) is 25.0. The Balaban J connectivity index is 0.000000489. The van der Waals surface area contributed by atoms with Crippen LogP contribution in [0.5, 0.6) is 0 Å². The number of nitrogens with zero attached hydrogens (tertiary/aromatic N) is 5. The van der Waals surface area contributed by atoms with E-state index in [1.54, 1.807) is 4.90 Å². The van der Waals surface area contributed by atoms with Crippen LogP contribution in [0, 0.1) is 21.7 Å². The normalized spacial score (nSPS) is 21.7. The molecule has 0 radical (unpaired) electrons. The summed E-state index contributed by atoms with van der Waals surface area (Å²) in [6, 6.07) is 0.902. The van der Waals surface area contributed by atoms with Crippen molar-refractivity contribution in [2.75, 3.05) is 73.2 Å². The Morgan fingerprint density at radius 1 is 0.569 bits per heavy atom. The number of rotatable bonds is 12. The van der Waals surface area contributed by atoms with E-state index in [0.29, 0.717) is 52.0 Å². The fourth-order valence-electron chi connectivity index (χ4n) is 7.51. The lowest BCUT2D eigenvalue weighted by Crippen LogP contribution is -2.48. The van der Waals surface area contributed by atoms with E-state index in [-0.39, 0.29) is 45.4 Å². The van der Waals surface area contributed by atoms with E-state index in [4.69, 9.17) is 36.2 Å². The van der Waals surface area contributed by atoms with Gasteiger partial charge in [0.15, 0.2) is 11.9 Å². The van der Waals surface area contributed by atoms with Gasteiger partial charge in [-0.1, -0.05) is 62.3 Å². The second-order valence-corrected chi connectivity index (χ2v) is 34.6. The molecule has 3 heterocycles. The van der Waals surface area contributed by atoms with Crippen molar-refractivity contribution in [3.05, 3.63) is 0 Å². The molecule has 3 aliphatic rings. The second kappa shape index (κ2) is 24.2. The number of hydrogen-bond acceptors (Lipinski definition) is 9. The highest BCUT2D eigenvalue weighted by Gasteiger charge is 2.48. The molecule has 0 saturated carbocycles. The number of nitrogens with two attached hydrogens (primary N) is 3. The fraction of sp³-hybridized carbons (Fsp3) is 0.957. The SMILES string of the molecule is CC(C)(C)COP(=O)(N1CCC(N=C(N)N)CC1)C(C)(C)C.CN(C(=N)N)C1CCN(P(=O)(OCC(C)(C)C)C(C)(C)C)CC1.CNC1CCN(P(=O)(OCC(C)(C)C)C(C)(C)C)CC1. The van der Waals surface area contributed by atoms with Crippen LogP contribution in [0.1, 0.15) is 163 Å². The van der Waals surface area contributed by atoms with Gasteiger partial charge in [-0.25, -0.2) is 14.0 Å². The third-order valence-corrected chi connectivity index (χ3v) is 21.7. The molecule has 3 unspecified atom stereocenters. The Labute approximate surface area is 398 Å². The van der Waals surface area contributed by atoms with Gasteiger partial charge < -0.3 is 41.0 Å². The first-order chi connectivity index (χ1) is 29.1. The molecule has 65 heavy (non-hydrogen) atoms. The third-order valence-electron chi connectivity index (χ3n) is 11.7. The van der Waals surface area contributed by atoms with Crippen molar-refractivity contribution >= 4 is 34.5 Å². The molecule has 0 aromatic carbocycles. The molecule has 0 spiro atoms. The minimum Gasteiger partial charge on any atom is -0.370 e. The average Bonchev–Trinajstić information content (AvgIpc) is 3.16. The maximum absolute atomic E-state index is 13.7. The van der Waals surface area contributed by atoms with Crippen LogP contribution in [0.4, 0.5) is 0 Å². The fourth-order valence-corrected chi connectivity index (χ4v) is 15.7. The maximum Gasteiger partial charge on any atom is 0.277 e. The van der Waals surface area contributed by atoms with E-state index in [1.165, 1.54) is 0 Å². The zero-order valence-corrected chi connectivity index (χ0v) is 47.8. The van der Waals surface area contributed by atoms with Crippen LogP contribution in [-0.2, 0) is 27.3 Å². The lowest BCUT2D eigenvalue weighted by Gasteiger charge is -2.44. The predicted octanol–water partition coefficient (Wildman–Crippen LogP) is 9.83. The first-order valence-corrected chi connectivity index (χ1v) is 28.7. The van der Waals surface area contributed by atoms with E-state index in [0.717, 1.165) is 51.6 Å². The molecule has 0 aromatic rings. The highest BCUT2D eigenvalue weighted by molar-refractivity contribution is 7.58. The van der Waals surface area contributed by atoms with E-state index in [9.17, 15) is 13.7 Å². The summed E-state index contributed by atoms with van der Waals surface area (Å²) in [7, 11) is -4.80. The van der Waals surface area contributed by atoms with E-state index >= 15 is 0 Å². The van der Waals surface area contributed by atoms with Crippen LogP contribution in [0.25, 0.3) is 0 Å². The number of guanidine groups is 2. The zero-order valence-electron chi connectivity index (χ0n) is 45.1. The lowest BCUT2D eigenvalue weighted by atomic mass is 9.99. The summed E-state index contributed by atoms with van der Waals surface area (Å²) in [5.41, 5.74) is 16.5. The van der Waals surface area contributed by atoms with Crippen LogP contribution < -0.4 is 22.5 Å². The quantitative estimate of drug-likeness (QED) is 0.0699. The largest absolute Gasteiger partial charge is 0.370 e. The Bertz CT molecular complexity index is 1630. The van der Waals surface area contributed by atoms with Crippen molar-refractivity contribution in [2.45, 2.75) is 197 Å². The first kappa shape index (κ1) is 62.0. The third kappa shape index (κ3) is 19.7. The highest BCUT2D eigenvalue weighted by Crippen LogP contribution is 2.64. The van der Waals surface area contributed by atoms with Crippen molar-refractivity contribution < 1.29 is 27.3 Å². The Hall–Kier alpha value is -1.05. The van der Waals surface area contributed by atoms with Crippen molar-refractivity contribution in [3.63, 3.8) is 0 Å². The zero-order chi connectivity index (χ0) is 50.8. The molecule has 3 aliphatic heterocycles. The summed E-state index contributed by atoms with van der Waals surface area (Å²) < 4.78 is 65.0.